The molecule has 0 saturated heterocycles. The Labute approximate surface area is 96.8 Å². The summed E-state index contributed by atoms with van der Waals surface area (Å²) >= 11 is 0. The summed E-state index contributed by atoms with van der Waals surface area (Å²) in [5, 5.41) is 7.38. The van der Waals surface area contributed by atoms with E-state index in [4.69, 9.17) is 0 Å². The zero-order chi connectivity index (χ0) is 12.2. The number of rotatable bonds is 6. The molecule has 0 bridgehead atoms. The van der Waals surface area contributed by atoms with E-state index in [9.17, 15) is 8.42 Å². The van der Waals surface area contributed by atoms with Gasteiger partial charge in [0, 0.05) is 24.1 Å². The third-order valence-corrected chi connectivity index (χ3v) is 3.83. The molecule has 6 heteroatoms. The van der Waals surface area contributed by atoms with E-state index in [0.29, 0.717) is 12.6 Å². The van der Waals surface area contributed by atoms with Gasteiger partial charge in [-0.3, -0.25) is 4.68 Å². The minimum Gasteiger partial charge on any atom is -0.366 e. The van der Waals surface area contributed by atoms with E-state index in [1.54, 1.807) is 17.8 Å². The second kappa shape index (κ2) is 5.34. The van der Waals surface area contributed by atoms with Gasteiger partial charge in [-0.2, -0.15) is 5.10 Å². The Kier molecular flexibility index (Phi) is 4.35. The van der Waals surface area contributed by atoms with Crippen molar-refractivity contribution in [1.82, 2.24) is 9.78 Å². The Hall–Kier alpha value is -1.04. The molecule has 0 aliphatic rings. The van der Waals surface area contributed by atoms with Gasteiger partial charge in [-0.1, -0.05) is 6.92 Å². The summed E-state index contributed by atoms with van der Waals surface area (Å²) in [7, 11) is -2.91. The third kappa shape index (κ3) is 4.22. The number of nitrogens with one attached hydrogen (secondary N) is 1. The Morgan fingerprint density at radius 2 is 2.19 bits per heavy atom. The van der Waals surface area contributed by atoms with E-state index in [0.717, 1.165) is 5.82 Å². The summed E-state index contributed by atoms with van der Waals surface area (Å²) < 4.78 is 24.3. The molecule has 0 atom stereocenters. The molecule has 0 aliphatic heterocycles. The van der Waals surface area contributed by atoms with E-state index in [-0.39, 0.29) is 11.5 Å². The van der Waals surface area contributed by atoms with Crippen LogP contribution in [0.5, 0.6) is 0 Å². The van der Waals surface area contributed by atoms with Crippen LogP contribution in [-0.4, -0.2) is 35.7 Å². The normalized spacial score (nSPS) is 12.0. The lowest BCUT2D eigenvalue weighted by atomic mass is 10.4. The molecule has 0 aliphatic carbocycles. The first kappa shape index (κ1) is 13.0. The largest absolute Gasteiger partial charge is 0.366 e. The highest BCUT2D eigenvalue weighted by Gasteiger charge is 2.08. The summed E-state index contributed by atoms with van der Waals surface area (Å²) in [5.74, 6) is 1.11. The van der Waals surface area contributed by atoms with Crippen molar-refractivity contribution >= 4 is 15.7 Å². The van der Waals surface area contributed by atoms with Crippen LogP contribution in [-0.2, 0) is 16.4 Å². The molecule has 5 nitrogen and oxygen atoms in total. The summed E-state index contributed by atoms with van der Waals surface area (Å²) in [6, 6.07) is 2.17. The van der Waals surface area contributed by atoms with Gasteiger partial charge in [0.1, 0.15) is 5.82 Å². The Morgan fingerprint density at radius 1 is 1.50 bits per heavy atom. The van der Waals surface area contributed by atoms with Crippen molar-refractivity contribution in [2.45, 2.75) is 33.4 Å². The molecule has 1 N–H and O–H groups in total. The highest BCUT2D eigenvalue weighted by Crippen LogP contribution is 2.04. The molecule has 0 saturated carbocycles. The molecule has 1 aromatic heterocycles. The van der Waals surface area contributed by atoms with Crippen molar-refractivity contribution in [3.05, 3.63) is 12.3 Å². The molecule has 92 valence electrons. The van der Waals surface area contributed by atoms with Crippen molar-refractivity contribution in [3.8, 4) is 0 Å². The monoisotopic (exact) mass is 245 g/mol. The first-order valence-electron chi connectivity index (χ1n) is 5.43. The van der Waals surface area contributed by atoms with Crippen LogP contribution < -0.4 is 5.32 Å². The standard InChI is InChI=1S/C10H19N3O2S/c1-4-16(14,15)8-7-13-6-5-10(12-13)11-9(2)3/h5-6,9H,4,7-8H2,1-3H3,(H,11,12). The van der Waals surface area contributed by atoms with Crippen LogP contribution in [0.15, 0.2) is 12.3 Å². The van der Waals surface area contributed by atoms with Gasteiger partial charge in [0.25, 0.3) is 0 Å². The molecular weight excluding hydrogens is 226 g/mol. The number of anilines is 1. The molecule has 16 heavy (non-hydrogen) atoms. The molecule has 0 fully saturated rings. The fourth-order valence-electron chi connectivity index (χ4n) is 1.24. The van der Waals surface area contributed by atoms with Crippen LogP contribution in [0.4, 0.5) is 5.82 Å². The molecule has 1 rings (SSSR count). The Bertz CT molecular complexity index is 423. The minimum atomic E-state index is -2.91. The molecule has 1 heterocycles. The maximum atomic E-state index is 11.3. The van der Waals surface area contributed by atoms with Crippen LogP contribution in [0.25, 0.3) is 0 Å². The second-order valence-electron chi connectivity index (χ2n) is 4.00. The Balaban J connectivity index is 2.53. The fraction of sp³-hybridized carbons (Fsp3) is 0.700. The van der Waals surface area contributed by atoms with Gasteiger partial charge < -0.3 is 5.32 Å². The van der Waals surface area contributed by atoms with Gasteiger partial charge in [0.2, 0.25) is 0 Å². The average molecular weight is 245 g/mol. The summed E-state index contributed by atoms with van der Waals surface area (Å²) in [4.78, 5) is 0. The van der Waals surface area contributed by atoms with Crippen LogP contribution in [0.3, 0.4) is 0 Å². The quantitative estimate of drug-likeness (QED) is 0.816. The van der Waals surface area contributed by atoms with Crippen molar-refractivity contribution in [3.63, 3.8) is 0 Å². The molecule has 0 unspecified atom stereocenters. The second-order valence-corrected chi connectivity index (χ2v) is 6.47. The maximum Gasteiger partial charge on any atom is 0.151 e. The van der Waals surface area contributed by atoms with Gasteiger partial charge in [0.05, 0.1) is 12.3 Å². The zero-order valence-electron chi connectivity index (χ0n) is 9.97. The fourth-order valence-corrected chi connectivity index (χ4v) is 1.99. The van der Waals surface area contributed by atoms with Crippen LogP contribution in [0.2, 0.25) is 0 Å². The number of sulfone groups is 1. The highest BCUT2D eigenvalue weighted by molar-refractivity contribution is 7.91. The molecule has 0 amide bonds. The van der Waals surface area contributed by atoms with Gasteiger partial charge in [-0.25, -0.2) is 8.42 Å². The number of aryl methyl sites for hydroxylation is 1. The molecule has 1 aromatic rings. The molecular formula is C10H19N3O2S. The lowest BCUT2D eigenvalue weighted by Gasteiger charge is -2.05. The van der Waals surface area contributed by atoms with E-state index in [1.165, 1.54) is 0 Å². The predicted octanol–water partition coefficient (Wildman–Crippen LogP) is 1.14. The van der Waals surface area contributed by atoms with Gasteiger partial charge in [-0.15, -0.1) is 0 Å². The van der Waals surface area contributed by atoms with Gasteiger partial charge in [0.15, 0.2) is 9.84 Å². The third-order valence-electron chi connectivity index (χ3n) is 2.15. The van der Waals surface area contributed by atoms with Gasteiger partial charge in [-0.05, 0) is 13.8 Å². The topological polar surface area (TPSA) is 64.0 Å². The predicted molar refractivity (Wildman–Crippen MR) is 65.3 cm³/mol. The van der Waals surface area contributed by atoms with Crippen LogP contribution >= 0.6 is 0 Å². The lowest BCUT2D eigenvalue weighted by molar-refractivity contribution is 0.582. The summed E-state index contributed by atoms with van der Waals surface area (Å²) in [6.45, 7) is 6.13. The number of nitrogens with zero attached hydrogens (tertiary/aromatic N) is 2. The smallest absolute Gasteiger partial charge is 0.151 e. The van der Waals surface area contributed by atoms with Crippen molar-refractivity contribution in [2.75, 3.05) is 16.8 Å². The van der Waals surface area contributed by atoms with Crippen molar-refractivity contribution in [1.29, 1.82) is 0 Å². The number of aromatic nitrogens is 2. The zero-order valence-corrected chi connectivity index (χ0v) is 10.8. The SMILES string of the molecule is CCS(=O)(=O)CCn1ccc(NC(C)C)n1. The van der Waals surface area contributed by atoms with Crippen molar-refractivity contribution < 1.29 is 8.42 Å². The first-order chi connectivity index (χ1) is 7.43. The minimum absolute atomic E-state index is 0.145. The van der Waals surface area contributed by atoms with Gasteiger partial charge >= 0.3 is 0 Å². The number of hydrogen-bond acceptors (Lipinski definition) is 4. The van der Waals surface area contributed by atoms with E-state index in [1.807, 2.05) is 19.9 Å². The summed E-state index contributed by atoms with van der Waals surface area (Å²) in [6.07, 6.45) is 1.79. The molecule has 0 spiro atoms. The van der Waals surface area contributed by atoms with Crippen LogP contribution in [0.1, 0.15) is 20.8 Å². The highest BCUT2D eigenvalue weighted by atomic mass is 32.2. The van der Waals surface area contributed by atoms with E-state index >= 15 is 0 Å². The molecule has 0 aromatic carbocycles. The maximum absolute atomic E-state index is 11.3. The lowest BCUT2D eigenvalue weighted by Crippen LogP contribution is -2.15. The van der Waals surface area contributed by atoms with E-state index < -0.39 is 9.84 Å². The van der Waals surface area contributed by atoms with E-state index in [2.05, 4.69) is 10.4 Å². The van der Waals surface area contributed by atoms with Crippen molar-refractivity contribution in [2.24, 2.45) is 0 Å². The van der Waals surface area contributed by atoms with Crippen LogP contribution in [0, 0.1) is 0 Å². The Morgan fingerprint density at radius 3 is 2.75 bits per heavy atom. The summed E-state index contributed by atoms with van der Waals surface area (Å²) in [5.41, 5.74) is 0. The number of hydrogen-bond donors (Lipinski definition) is 1. The molecule has 0 radical (unpaired) electrons. The average Bonchev–Trinajstić information content (AvgIpc) is 2.62. The first-order valence-corrected chi connectivity index (χ1v) is 7.25.